The van der Waals surface area contributed by atoms with Gasteiger partial charge in [0.2, 0.25) is 0 Å². The molecule has 0 atom stereocenters. The van der Waals surface area contributed by atoms with Crippen LogP contribution in [0.15, 0.2) is 29.3 Å². The number of halogens is 1. The zero-order valence-corrected chi connectivity index (χ0v) is 14.1. The molecule has 0 bridgehead atoms. The van der Waals surface area contributed by atoms with Crippen molar-refractivity contribution in [2.24, 2.45) is 7.05 Å². The van der Waals surface area contributed by atoms with Crippen LogP contribution in [0.5, 0.6) is 0 Å². The predicted octanol–water partition coefficient (Wildman–Crippen LogP) is 1.83. The van der Waals surface area contributed by atoms with Gasteiger partial charge in [-0.15, -0.1) is 0 Å². The van der Waals surface area contributed by atoms with Gasteiger partial charge in [-0.1, -0.05) is 0 Å². The molecule has 0 amide bonds. The van der Waals surface area contributed by atoms with Crippen molar-refractivity contribution in [3.05, 3.63) is 39.2 Å². The molecule has 21 heavy (non-hydrogen) atoms. The van der Waals surface area contributed by atoms with Gasteiger partial charge in [0.1, 0.15) is 0 Å². The van der Waals surface area contributed by atoms with E-state index in [-0.39, 0.29) is 10.5 Å². The number of sulfonamides is 1. The third-order valence-corrected chi connectivity index (χ3v) is 5.04. The van der Waals surface area contributed by atoms with Crippen molar-refractivity contribution in [1.29, 1.82) is 0 Å². The molecule has 7 nitrogen and oxygen atoms in total. The second-order valence-electron chi connectivity index (χ2n) is 4.35. The first-order valence-corrected chi connectivity index (χ1v) is 8.33. The highest BCUT2D eigenvalue weighted by atomic mass is 127. The van der Waals surface area contributed by atoms with Crippen LogP contribution in [-0.2, 0) is 17.1 Å². The lowest BCUT2D eigenvalue weighted by molar-refractivity contribution is 0.0695. The standard InChI is InChI=1S/C12H12IN3O4S/c1-7-11(6-16(2)14-7)15-21(19,20)8-3-4-10(13)9(5-8)12(17)18/h3-6,15H,1-2H3,(H,17,18). The Morgan fingerprint density at radius 1 is 1.43 bits per heavy atom. The largest absolute Gasteiger partial charge is 0.478 e. The molecule has 0 aliphatic carbocycles. The topological polar surface area (TPSA) is 101 Å². The van der Waals surface area contributed by atoms with Gasteiger partial charge in [-0.3, -0.25) is 9.40 Å². The molecule has 2 rings (SSSR count). The summed E-state index contributed by atoms with van der Waals surface area (Å²) in [5.41, 5.74) is 0.833. The van der Waals surface area contributed by atoms with Crippen LogP contribution in [0.4, 0.5) is 5.69 Å². The van der Waals surface area contributed by atoms with Gasteiger partial charge in [-0.25, -0.2) is 13.2 Å². The molecule has 1 heterocycles. The Morgan fingerprint density at radius 3 is 2.62 bits per heavy atom. The monoisotopic (exact) mass is 421 g/mol. The van der Waals surface area contributed by atoms with Crippen molar-refractivity contribution < 1.29 is 18.3 Å². The third kappa shape index (κ3) is 3.35. The molecule has 0 saturated carbocycles. The van der Waals surface area contributed by atoms with Crippen molar-refractivity contribution in [2.75, 3.05) is 4.72 Å². The quantitative estimate of drug-likeness (QED) is 0.734. The minimum Gasteiger partial charge on any atom is -0.478 e. The Kier molecular flexibility index (Phi) is 4.23. The maximum atomic E-state index is 12.3. The van der Waals surface area contributed by atoms with Crippen LogP contribution in [0.1, 0.15) is 16.1 Å². The normalized spacial score (nSPS) is 11.4. The van der Waals surface area contributed by atoms with Crippen LogP contribution in [0.3, 0.4) is 0 Å². The lowest BCUT2D eigenvalue weighted by Gasteiger charge is -2.08. The van der Waals surface area contributed by atoms with E-state index in [4.69, 9.17) is 5.11 Å². The Balaban J connectivity index is 2.42. The number of carboxylic acid groups (broad SMARTS) is 1. The molecule has 2 N–H and O–H groups in total. The highest BCUT2D eigenvalue weighted by Crippen LogP contribution is 2.21. The molecule has 0 aliphatic rings. The van der Waals surface area contributed by atoms with Crippen LogP contribution in [0, 0.1) is 10.5 Å². The summed E-state index contributed by atoms with van der Waals surface area (Å²) in [6, 6.07) is 3.95. The minimum atomic E-state index is -3.87. The number of benzene rings is 1. The summed E-state index contributed by atoms with van der Waals surface area (Å²) in [6.07, 6.45) is 1.54. The Hall–Kier alpha value is -1.62. The SMILES string of the molecule is Cc1nn(C)cc1NS(=O)(=O)c1ccc(I)c(C(=O)O)c1. The predicted molar refractivity (Wildman–Crippen MR) is 84.9 cm³/mol. The first-order chi connectivity index (χ1) is 9.70. The van der Waals surface area contributed by atoms with Crippen molar-refractivity contribution in [3.8, 4) is 0 Å². The number of aryl methyl sites for hydroxylation is 2. The van der Waals surface area contributed by atoms with Gasteiger partial charge < -0.3 is 5.11 Å². The molecule has 0 spiro atoms. The van der Waals surface area contributed by atoms with E-state index in [9.17, 15) is 13.2 Å². The van der Waals surface area contributed by atoms with Gasteiger partial charge >= 0.3 is 5.97 Å². The van der Waals surface area contributed by atoms with Crippen LogP contribution < -0.4 is 4.72 Å². The molecular formula is C12H12IN3O4S. The van der Waals surface area contributed by atoms with Gasteiger partial charge in [0, 0.05) is 16.8 Å². The average molecular weight is 421 g/mol. The van der Waals surface area contributed by atoms with E-state index in [1.165, 1.54) is 23.0 Å². The summed E-state index contributed by atoms with van der Waals surface area (Å²) in [4.78, 5) is 11.0. The number of hydrogen-bond donors (Lipinski definition) is 2. The molecule has 2 aromatic rings. The van der Waals surface area contributed by atoms with Crippen LogP contribution >= 0.6 is 22.6 Å². The average Bonchev–Trinajstić information content (AvgIpc) is 2.66. The number of nitrogens with one attached hydrogen (secondary N) is 1. The lowest BCUT2D eigenvalue weighted by Crippen LogP contribution is -2.14. The van der Waals surface area contributed by atoms with Gasteiger partial charge in [0.15, 0.2) is 0 Å². The van der Waals surface area contributed by atoms with Crippen molar-refractivity contribution >= 4 is 44.3 Å². The first kappa shape index (κ1) is 15.8. The highest BCUT2D eigenvalue weighted by Gasteiger charge is 2.19. The fourth-order valence-electron chi connectivity index (χ4n) is 1.74. The van der Waals surface area contributed by atoms with E-state index in [2.05, 4.69) is 9.82 Å². The maximum Gasteiger partial charge on any atom is 0.336 e. The Bertz CT molecular complexity index is 814. The van der Waals surface area contributed by atoms with Crippen LogP contribution in [0.25, 0.3) is 0 Å². The number of hydrogen-bond acceptors (Lipinski definition) is 4. The van der Waals surface area contributed by atoms with E-state index >= 15 is 0 Å². The van der Waals surface area contributed by atoms with Crippen molar-refractivity contribution in [3.63, 3.8) is 0 Å². The number of rotatable bonds is 4. The van der Waals surface area contributed by atoms with E-state index in [0.29, 0.717) is 15.0 Å². The zero-order chi connectivity index (χ0) is 15.8. The van der Waals surface area contributed by atoms with Crippen LogP contribution in [-0.4, -0.2) is 29.3 Å². The smallest absolute Gasteiger partial charge is 0.336 e. The Labute approximate surface area is 135 Å². The molecule has 0 aliphatic heterocycles. The van der Waals surface area contributed by atoms with E-state index in [1.807, 2.05) is 22.6 Å². The fourth-order valence-corrected chi connectivity index (χ4v) is 3.43. The van der Waals surface area contributed by atoms with Gasteiger partial charge in [0.05, 0.1) is 21.8 Å². The fraction of sp³-hybridized carbons (Fsp3) is 0.167. The summed E-state index contributed by atoms with van der Waals surface area (Å²) >= 11 is 1.84. The minimum absolute atomic E-state index is 0.0543. The number of anilines is 1. The summed E-state index contributed by atoms with van der Waals surface area (Å²) in [5.74, 6) is -1.17. The number of nitrogens with zero attached hydrogens (tertiary/aromatic N) is 2. The summed E-state index contributed by atoms with van der Waals surface area (Å²) in [5, 5.41) is 13.1. The highest BCUT2D eigenvalue weighted by molar-refractivity contribution is 14.1. The number of carboxylic acids is 1. The first-order valence-electron chi connectivity index (χ1n) is 5.76. The van der Waals surface area contributed by atoms with E-state index in [0.717, 1.165) is 6.07 Å². The summed E-state index contributed by atoms with van der Waals surface area (Å²) in [7, 11) is -2.19. The molecule has 1 aromatic carbocycles. The van der Waals surface area contributed by atoms with E-state index in [1.54, 1.807) is 14.0 Å². The van der Waals surface area contributed by atoms with E-state index < -0.39 is 16.0 Å². The molecule has 112 valence electrons. The number of aromatic nitrogens is 2. The van der Waals surface area contributed by atoms with Crippen LogP contribution in [0.2, 0.25) is 0 Å². The van der Waals surface area contributed by atoms with Gasteiger partial charge in [-0.2, -0.15) is 5.10 Å². The molecule has 1 aromatic heterocycles. The van der Waals surface area contributed by atoms with Crippen molar-refractivity contribution in [1.82, 2.24) is 9.78 Å². The second-order valence-corrected chi connectivity index (χ2v) is 7.20. The summed E-state index contributed by atoms with van der Waals surface area (Å²) < 4.78 is 29.0. The number of carbonyl (C=O) groups is 1. The second kappa shape index (κ2) is 5.64. The number of aromatic carboxylic acids is 1. The zero-order valence-electron chi connectivity index (χ0n) is 11.2. The Morgan fingerprint density at radius 2 is 2.10 bits per heavy atom. The lowest BCUT2D eigenvalue weighted by atomic mass is 10.2. The molecule has 0 fully saturated rings. The molecular weight excluding hydrogens is 409 g/mol. The maximum absolute atomic E-state index is 12.3. The molecule has 0 saturated heterocycles. The summed E-state index contributed by atoms with van der Waals surface area (Å²) in [6.45, 7) is 1.68. The van der Waals surface area contributed by atoms with Crippen molar-refractivity contribution in [2.45, 2.75) is 11.8 Å². The van der Waals surface area contributed by atoms with Gasteiger partial charge in [0.25, 0.3) is 10.0 Å². The molecule has 0 unspecified atom stereocenters. The molecule has 0 radical (unpaired) electrons. The van der Waals surface area contributed by atoms with Gasteiger partial charge in [-0.05, 0) is 47.7 Å². The molecule has 9 heteroatoms. The third-order valence-electron chi connectivity index (χ3n) is 2.74.